The standard InChI is InChI=1S/C21H30ClNO2/c1-20(2,15-17-3-5-18(22)6-4-17)16-19(24)23-11-7-21(8-12-23)9-13-25-14-10-21/h3-6H,7-16H2,1-2H3. The summed E-state index contributed by atoms with van der Waals surface area (Å²) < 4.78 is 5.51. The molecule has 0 N–H and O–H groups in total. The molecule has 0 radical (unpaired) electrons. The van der Waals surface area contributed by atoms with Crippen molar-refractivity contribution < 1.29 is 9.53 Å². The molecule has 1 aromatic rings. The lowest BCUT2D eigenvalue weighted by molar-refractivity contribution is -0.136. The molecule has 138 valence electrons. The third kappa shape index (κ3) is 4.98. The van der Waals surface area contributed by atoms with E-state index in [4.69, 9.17) is 16.3 Å². The Bertz CT molecular complexity index is 580. The summed E-state index contributed by atoms with van der Waals surface area (Å²) >= 11 is 5.96. The van der Waals surface area contributed by atoms with Crippen molar-refractivity contribution in [2.24, 2.45) is 10.8 Å². The van der Waals surface area contributed by atoms with Crippen LogP contribution in [0.5, 0.6) is 0 Å². The molecular weight excluding hydrogens is 334 g/mol. The second-order valence-electron chi connectivity index (χ2n) is 8.64. The number of amides is 1. The minimum atomic E-state index is -0.0429. The van der Waals surface area contributed by atoms with Gasteiger partial charge in [0.15, 0.2) is 0 Å². The van der Waals surface area contributed by atoms with Crippen LogP contribution in [0.1, 0.15) is 51.5 Å². The van der Waals surface area contributed by atoms with Crippen molar-refractivity contribution in [2.75, 3.05) is 26.3 Å². The number of benzene rings is 1. The predicted octanol–water partition coefficient (Wildman–Crippen LogP) is 4.72. The van der Waals surface area contributed by atoms with Crippen LogP contribution in [0.3, 0.4) is 0 Å². The fraction of sp³-hybridized carbons (Fsp3) is 0.667. The Kier molecular flexibility index (Phi) is 5.75. The topological polar surface area (TPSA) is 29.5 Å². The second kappa shape index (κ2) is 7.67. The molecule has 0 aliphatic carbocycles. The highest BCUT2D eigenvalue weighted by molar-refractivity contribution is 6.30. The third-order valence-electron chi connectivity index (χ3n) is 5.96. The number of likely N-dealkylation sites (tertiary alicyclic amines) is 1. The molecule has 2 heterocycles. The van der Waals surface area contributed by atoms with Gasteiger partial charge in [0.05, 0.1) is 0 Å². The zero-order valence-corrected chi connectivity index (χ0v) is 16.3. The molecule has 0 bridgehead atoms. The van der Waals surface area contributed by atoms with Gasteiger partial charge in [-0.3, -0.25) is 4.79 Å². The van der Waals surface area contributed by atoms with E-state index in [1.807, 2.05) is 12.1 Å². The maximum atomic E-state index is 12.8. The van der Waals surface area contributed by atoms with E-state index in [9.17, 15) is 4.79 Å². The third-order valence-corrected chi connectivity index (χ3v) is 6.21. The molecular formula is C21H30ClNO2. The average molecular weight is 364 g/mol. The molecule has 1 spiro atoms. The maximum absolute atomic E-state index is 12.8. The summed E-state index contributed by atoms with van der Waals surface area (Å²) in [5.74, 6) is 0.306. The number of ether oxygens (including phenoxy) is 1. The molecule has 3 rings (SSSR count). The summed E-state index contributed by atoms with van der Waals surface area (Å²) in [5, 5.41) is 0.757. The van der Waals surface area contributed by atoms with Gasteiger partial charge in [-0.25, -0.2) is 0 Å². The number of rotatable bonds is 4. The van der Waals surface area contributed by atoms with E-state index in [0.717, 1.165) is 63.4 Å². The van der Waals surface area contributed by atoms with Gasteiger partial charge in [-0.05, 0) is 60.6 Å². The highest BCUT2D eigenvalue weighted by atomic mass is 35.5. The Morgan fingerprint density at radius 2 is 1.72 bits per heavy atom. The quantitative estimate of drug-likeness (QED) is 0.774. The Balaban J connectivity index is 1.52. The van der Waals surface area contributed by atoms with Gasteiger partial charge in [-0.15, -0.1) is 0 Å². The first-order chi connectivity index (χ1) is 11.9. The van der Waals surface area contributed by atoms with E-state index in [-0.39, 0.29) is 5.41 Å². The van der Waals surface area contributed by atoms with Gasteiger partial charge in [0, 0.05) is 37.7 Å². The van der Waals surface area contributed by atoms with Crippen molar-refractivity contribution in [1.29, 1.82) is 0 Å². The first-order valence-corrected chi connectivity index (χ1v) is 9.85. The van der Waals surface area contributed by atoms with Gasteiger partial charge in [0.25, 0.3) is 0 Å². The van der Waals surface area contributed by atoms with Crippen molar-refractivity contribution >= 4 is 17.5 Å². The Morgan fingerprint density at radius 1 is 1.12 bits per heavy atom. The Morgan fingerprint density at radius 3 is 2.32 bits per heavy atom. The van der Waals surface area contributed by atoms with Gasteiger partial charge in [-0.2, -0.15) is 0 Å². The van der Waals surface area contributed by atoms with Crippen molar-refractivity contribution in [3.8, 4) is 0 Å². The van der Waals surface area contributed by atoms with E-state index < -0.39 is 0 Å². The first kappa shape index (κ1) is 18.7. The van der Waals surface area contributed by atoms with Gasteiger partial charge in [0.2, 0.25) is 5.91 Å². The van der Waals surface area contributed by atoms with Crippen LogP contribution in [-0.4, -0.2) is 37.1 Å². The molecule has 3 nitrogen and oxygen atoms in total. The minimum absolute atomic E-state index is 0.0429. The summed E-state index contributed by atoms with van der Waals surface area (Å²) in [6.07, 6.45) is 6.10. The lowest BCUT2D eigenvalue weighted by Crippen LogP contribution is -2.46. The fourth-order valence-corrected chi connectivity index (χ4v) is 4.40. The molecule has 2 fully saturated rings. The van der Waals surface area contributed by atoms with Crippen molar-refractivity contribution in [2.45, 2.75) is 52.4 Å². The zero-order valence-electron chi connectivity index (χ0n) is 15.5. The normalized spacial score (nSPS) is 20.7. The van der Waals surface area contributed by atoms with Crippen molar-refractivity contribution in [1.82, 2.24) is 4.90 Å². The van der Waals surface area contributed by atoms with E-state index >= 15 is 0 Å². The summed E-state index contributed by atoms with van der Waals surface area (Å²) in [4.78, 5) is 14.9. The minimum Gasteiger partial charge on any atom is -0.381 e. The van der Waals surface area contributed by atoms with E-state index in [2.05, 4.69) is 30.9 Å². The van der Waals surface area contributed by atoms with Gasteiger partial charge < -0.3 is 9.64 Å². The lowest BCUT2D eigenvalue weighted by Gasteiger charge is -2.44. The average Bonchev–Trinajstić information content (AvgIpc) is 2.57. The van der Waals surface area contributed by atoms with Gasteiger partial charge in [0.1, 0.15) is 0 Å². The number of piperidine rings is 1. The molecule has 1 aromatic carbocycles. The van der Waals surface area contributed by atoms with E-state index in [0.29, 0.717) is 17.7 Å². The maximum Gasteiger partial charge on any atom is 0.223 e. The van der Waals surface area contributed by atoms with E-state index in [1.165, 1.54) is 5.56 Å². The summed E-state index contributed by atoms with van der Waals surface area (Å²) in [6, 6.07) is 7.97. The van der Waals surface area contributed by atoms with Crippen molar-refractivity contribution in [3.05, 3.63) is 34.9 Å². The number of carbonyl (C=O) groups is 1. The molecule has 2 aliphatic rings. The highest BCUT2D eigenvalue weighted by Crippen LogP contribution is 2.41. The number of hydrogen-bond donors (Lipinski definition) is 0. The molecule has 0 aromatic heterocycles. The number of carbonyl (C=O) groups excluding carboxylic acids is 1. The van der Waals surface area contributed by atoms with Gasteiger partial charge >= 0.3 is 0 Å². The predicted molar refractivity (Wildman–Crippen MR) is 102 cm³/mol. The van der Waals surface area contributed by atoms with Crippen molar-refractivity contribution in [3.63, 3.8) is 0 Å². The molecule has 4 heteroatoms. The first-order valence-electron chi connectivity index (χ1n) is 9.48. The SMILES string of the molecule is CC(C)(CC(=O)N1CCC2(CCOCC2)CC1)Cc1ccc(Cl)cc1. The van der Waals surface area contributed by atoms with Crippen LogP contribution in [-0.2, 0) is 16.0 Å². The summed E-state index contributed by atoms with van der Waals surface area (Å²) in [5.41, 5.74) is 1.63. The number of halogens is 1. The monoisotopic (exact) mass is 363 g/mol. The fourth-order valence-electron chi connectivity index (χ4n) is 4.27. The Labute approximate surface area is 156 Å². The van der Waals surface area contributed by atoms with Crippen LogP contribution in [0.4, 0.5) is 0 Å². The molecule has 2 aliphatic heterocycles. The molecule has 0 saturated carbocycles. The van der Waals surface area contributed by atoms with Crippen LogP contribution in [0.15, 0.2) is 24.3 Å². The second-order valence-corrected chi connectivity index (χ2v) is 9.07. The summed E-state index contributed by atoms with van der Waals surface area (Å²) in [7, 11) is 0. The van der Waals surface area contributed by atoms with Crippen LogP contribution in [0, 0.1) is 10.8 Å². The molecule has 0 atom stereocenters. The highest BCUT2D eigenvalue weighted by Gasteiger charge is 2.37. The van der Waals surface area contributed by atoms with Crippen LogP contribution in [0.2, 0.25) is 5.02 Å². The molecule has 1 amide bonds. The smallest absolute Gasteiger partial charge is 0.223 e. The zero-order chi connectivity index (χ0) is 17.9. The number of nitrogens with zero attached hydrogens (tertiary/aromatic N) is 1. The van der Waals surface area contributed by atoms with Gasteiger partial charge in [-0.1, -0.05) is 37.6 Å². The number of hydrogen-bond acceptors (Lipinski definition) is 2. The molecule has 0 unspecified atom stereocenters. The molecule has 25 heavy (non-hydrogen) atoms. The van der Waals surface area contributed by atoms with Crippen LogP contribution < -0.4 is 0 Å². The largest absolute Gasteiger partial charge is 0.381 e. The lowest BCUT2D eigenvalue weighted by atomic mass is 9.72. The summed E-state index contributed by atoms with van der Waals surface area (Å²) in [6.45, 7) is 7.97. The van der Waals surface area contributed by atoms with Crippen LogP contribution >= 0.6 is 11.6 Å². The molecule has 2 saturated heterocycles. The van der Waals surface area contributed by atoms with E-state index in [1.54, 1.807) is 0 Å². The van der Waals surface area contributed by atoms with Crippen LogP contribution in [0.25, 0.3) is 0 Å². The Hall–Kier alpha value is -1.06.